The van der Waals surface area contributed by atoms with E-state index in [0.29, 0.717) is 70.0 Å². The first kappa shape index (κ1) is 51.5. The maximum absolute atomic E-state index is 13.9. The second kappa shape index (κ2) is 22.4. The van der Waals surface area contributed by atoms with E-state index in [0.717, 1.165) is 39.5 Å². The lowest BCUT2D eigenvalue weighted by Gasteiger charge is -2.35. The lowest BCUT2D eigenvalue weighted by molar-refractivity contribution is -0.144. The van der Waals surface area contributed by atoms with Crippen LogP contribution >= 0.6 is 23.6 Å². The van der Waals surface area contributed by atoms with Crippen LogP contribution in [0.1, 0.15) is 83.4 Å². The summed E-state index contributed by atoms with van der Waals surface area (Å²) < 4.78 is 58.3. The number of ether oxygens (including phenoxy) is 3. The first-order valence-corrected chi connectivity index (χ1v) is 23.6. The molecule has 0 unspecified atom stereocenters. The fourth-order valence-corrected chi connectivity index (χ4v) is 9.10. The largest absolute Gasteiger partial charge is 0.494 e. The molecule has 3 aromatic carbocycles. The van der Waals surface area contributed by atoms with Gasteiger partial charge in [0.1, 0.15) is 30.0 Å². The van der Waals surface area contributed by atoms with Crippen molar-refractivity contribution in [3.05, 3.63) is 95.1 Å². The van der Waals surface area contributed by atoms with Crippen LogP contribution in [0.3, 0.4) is 0 Å². The van der Waals surface area contributed by atoms with Crippen LogP contribution in [-0.2, 0) is 41.4 Å². The minimum atomic E-state index is -4.80. The molecule has 2 N–H and O–H groups in total. The number of hydrogen-bond acceptors (Lipinski definition) is 11. The molecular formula is C49H56F3N7O7S2. The Labute approximate surface area is 403 Å². The number of amides is 4. The van der Waals surface area contributed by atoms with Crippen LogP contribution in [0.5, 0.6) is 5.75 Å². The Kier molecular flexibility index (Phi) is 17.0. The molecule has 0 saturated carbocycles. The maximum Gasteiger partial charge on any atom is 0.417 e. The number of carbonyl (C=O) groups excluding carboxylic acids is 4. The summed E-state index contributed by atoms with van der Waals surface area (Å²) in [6, 6.07) is 17.9. The second-order valence-corrected chi connectivity index (χ2v) is 19.3. The van der Waals surface area contributed by atoms with Gasteiger partial charge in [-0.1, -0.05) is 45.0 Å². The lowest BCUT2D eigenvalue weighted by Crippen LogP contribution is -2.58. The molecule has 14 nitrogen and oxygen atoms in total. The Balaban J connectivity index is 0.855. The van der Waals surface area contributed by atoms with Gasteiger partial charge in [-0.2, -0.15) is 18.4 Å². The van der Waals surface area contributed by atoms with Gasteiger partial charge < -0.3 is 34.6 Å². The van der Waals surface area contributed by atoms with Gasteiger partial charge in [-0.3, -0.25) is 29.1 Å². The molecule has 6 rings (SSSR count). The number of thiocarbonyl (C=S) groups is 1. The molecule has 2 aliphatic heterocycles. The Morgan fingerprint density at radius 3 is 2.29 bits per heavy atom. The molecule has 2 fully saturated rings. The van der Waals surface area contributed by atoms with Crippen molar-refractivity contribution in [2.75, 3.05) is 49.4 Å². The smallest absolute Gasteiger partial charge is 0.417 e. The normalized spacial score (nSPS) is 16.5. The number of hydrogen-bond donors (Lipinski definition) is 2. The highest BCUT2D eigenvalue weighted by Crippen LogP contribution is 2.40. The van der Waals surface area contributed by atoms with Gasteiger partial charge in [0.25, 0.3) is 5.91 Å². The van der Waals surface area contributed by atoms with Crippen molar-refractivity contribution in [3.63, 3.8) is 0 Å². The number of alkyl halides is 3. The van der Waals surface area contributed by atoms with Gasteiger partial charge in [-0.25, -0.2) is 0 Å². The SMILES string of the molecule is CC(C)(C)[C@H](NC(=O)COCCCOCCCCOc1ccc(N2C(=S)N(c3ccc(C#N)c(C(F)(F)F)c3)C(=O)C2(C)C)cc1)C(=O)N1CCC[C@H]1C(=O)NCc1ccc(-c2cncs2)cc1. The molecule has 0 spiro atoms. The molecule has 3 heterocycles. The lowest BCUT2D eigenvalue weighted by atomic mass is 9.85. The number of rotatable bonds is 20. The average Bonchev–Trinajstić information content (AvgIpc) is 4.06. The number of unbranched alkanes of at least 4 members (excludes halogenated alkanes) is 1. The van der Waals surface area contributed by atoms with E-state index in [-0.39, 0.29) is 35.8 Å². The first-order valence-electron chi connectivity index (χ1n) is 22.3. The number of nitrogens with one attached hydrogen (secondary N) is 2. The molecule has 68 heavy (non-hydrogen) atoms. The number of thiazole rings is 1. The molecule has 2 atom stereocenters. The van der Waals surface area contributed by atoms with Crippen LogP contribution in [0.15, 0.2) is 78.4 Å². The van der Waals surface area contributed by atoms with Crippen LogP contribution in [-0.4, -0.2) is 95.8 Å². The highest BCUT2D eigenvalue weighted by Gasteiger charge is 2.51. The summed E-state index contributed by atoms with van der Waals surface area (Å²) in [7, 11) is 0. The molecule has 2 saturated heterocycles. The molecule has 0 radical (unpaired) electrons. The average molecular weight is 976 g/mol. The summed E-state index contributed by atoms with van der Waals surface area (Å²) in [6.07, 6.45) is 0.226. The molecule has 2 aliphatic rings. The molecule has 4 aromatic rings. The van der Waals surface area contributed by atoms with Crippen molar-refractivity contribution >= 4 is 63.7 Å². The first-order chi connectivity index (χ1) is 32.3. The summed E-state index contributed by atoms with van der Waals surface area (Å²) in [5.74, 6) is -0.892. The van der Waals surface area contributed by atoms with E-state index >= 15 is 0 Å². The Hall–Kier alpha value is -5.94. The zero-order chi connectivity index (χ0) is 49.2. The molecule has 4 amide bonds. The van der Waals surface area contributed by atoms with Crippen molar-refractivity contribution in [2.45, 2.75) is 97.1 Å². The van der Waals surface area contributed by atoms with Gasteiger partial charge >= 0.3 is 6.18 Å². The van der Waals surface area contributed by atoms with E-state index in [4.69, 9.17) is 26.4 Å². The van der Waals surface area contributed by atoms with E-state index in [1.54, 1.807) is 70.8 Å². The summed E-state index contributed by atoms with van der Waals surface area (Å²) in [6.45, 7) is 11.0. The van der Waals surface area contributed by atoms with Crippen LogP contribution in [0.25, 0.3) is 10.4 Å². The van der Waals surface area contributed by atoms with Gasteiger partial charge in [0.2, 0.25) is 17.7 Å². The fourth-order valence-electron chi connectivity index (χ4n) is 7.95. The Bertz CT molecular complexity index is 2460. The van der Waals surface area contributed by atoms with E-state index in [1.807, 2.05) is 51.2 Å². The number of nitrogens with zero attached hydrogens (tertiary/aromatic N) is 5. The Morgan fingerprint density at radius 2 is 1.63 bits per heavy atom. The van der Waals surface area contributed by atoms with Crippen molar-refractivity contribution in [2.24, 2.45) is 5.41 Å². The van der Waals surface area contributed by atoms with Crippen LogP contribution in [0.2, 0.25) is 0 Å². The standard InChI is InChI=1S/C49H56F3N7O7S2/c1-47(2,3)42(44(62)57-21-8-10-39(57)43(61)55-28-32-11-13-33(14-12-32)40-29-54-31-68-40)56-41(60)30-65-24-9-23-64-22-6-7-25-66-37-19-17-35(18-20-37)59-46(67)58(45(63)48(59,4)5)36-16-15-34(27-53)38(26-36)49(50,51)52/h11-20,26,29,31,39,42H,6-10,21-25,28,30H2,1-5H3,(H,55,61)(H,56,60)/t39-,42+/m0/s1. The zero-order valence-corrected chi connectivity index (χ0v) is 40.3. The van der Waals surface area contributed by atoms with Crippen molar-refractivity contribution in [1.29, 1.82) is 5.26 Å². The number of aromatic nitrogens is 1. The van der Waals surface area contributed by atoms with Crippen LogP contribution in [0.4, 0.5) is 24.5 Å². The van der Waals surface area contributed by atoms with Gasteiger partial charge in [0.15, 0.2) is 5.11 Å². The molecular weight excluding hydrogens is 920 g/mol. The third kappa shape index (κ3) is 12.6. The highest BCUT2D eigenvalue weighted by atomic mass is 32.1. The minimum Gasteiger partial charge on any atom is -0.494 e. The molecule has 1 aromatic heterocycles. The molecule has 19 heteroatoms. The summed E-state index contributed by atoms with van der Waals surface area (Å²) in [5.41, 5.74) is 0.692. The fraction of sp³-hybridized carbons (Fsp3) is 0.449. The van der Waals surface area contributed by atoms with Crippen LogP contribution in [0, 0.1) is 16.7 Å². The quantitative estimate of drug-likeness (QED) is 0.0650. The topological polar surface area (TPSA) is 166 Å². The predicted molar refractivity (Wildman–Crippen MR) is 256 cm³/mol. The van der Waals surface area contributed by atoms with Crippen LogP contribution < -0.4 is 25.2 Å². The Morgan fingerprint density at radius 1 is 0.956 bits per heavy atom. The summed E-state index contributed by atoms with van der Waals surface area (Å²) in [4.78, 5) is 63.1. The second-order valence-electron chi connectivity index (χ2n) is 18.1. The third-order valence-corrected chi connectivity index (χ3v) is 12.8. The van der Waals surface area contributed by atoms with E-state index in [2.05, 4.69) is 15.6 Å². The van der Waals surface area contributed by atoms with Crippen molar-refractivity contribution in [1.82, 2.24) is 20.5 Å². The number of likely N-dealkylation sites (tertiary alicyclic amines) is 1. The number of carbonyl (C=O) groups is 4. The molecule has 362 valence electrons. The molecule has 0 aliphatic carbocycles. The van der Waals surface area contributed by atoms with Gasteiger partial charge in [0.05, 0.1) is 39.9 Å². The van der Waals surface area contributed by atoms with E-state index in [9.17, 15) is 37.6 Å². The van der Waals surface area contributed by atoms with Gasteiger partial charge in [-0.15, -0.1) is 11.3 Å². The zero-order valence-electron chi connectivity index (χ0n) is 38.7. The predicted octanol–water partition coefficient (Wildman–Crippen LogP) is 8.04. The highest BCUT2D eigenvalue weighted by molar-refractivity contribution is 7.81. The van der Waals surface area contributed by atoms with Gasteiger partial charge in [0, 0.05) is 44.8 Å². The van der Waals surface area contributed by atoms with Crippen molar-refractivity contribution < 1.29 is 46.6 Å². The monoisotopic (exact) mass is 975 g/mol. The third-order valence-electron chi connectivity index (χ3n) is 11.6. The van der Waals surface area contributed by atoms with Gasteiger partial charge in [-0.05, 0) is 117 Å². The number of anilines is 2. The van der Waals surface area contributed by atoms with E-state index in [1.165, 1.54) is 6.07 Å². The number of benzene rings is 3. The molecule has 0 bridgehead atoms. The summed E-state index contributed by atoms with van der Waals surface area (Å²) >= 11 is 7.18. The van der Waals surface area contributed by atoms with Crippen molar-refractivity contribution in [3.8, 4) is 22.3 Å². The number of nitriles is 1. The van der Waals surface area contributed by atoms with E-state index < -0.39 is 52.2 Å². The maximum atomic E-state index is 13.9. The number of halogens is 3. The summed E-state index contributed by atoms with van der Waals surface area (Å²) in [5, 5.41) is 15.0. The minimum absolute atomic E-state index is 0.000217.